The number of aryl methyl sites for hydroxylation is 1. The maximum Gasteiger partial charge on any atom is 0.292 e. The van der Waals surface area contributed by atoms with E-state index in [4.69, 9.17) is 14.0 Å². The molecule has 6 nitrogen and oxygen atoms in total. The van der Waals surface area contributed by atoms with Crippen molar-refractivity contribution in [2.45, 2.75) is 25.8 Å². The Morgan fingerprint density at radius 2 is 2.13 bits per heavy atom. The van der Waals surface area contributed by atoms with Gasteiger partial charge in [-0.3, -0.25) is 4.79 Å². The van der Waals surface area contributed by atoms with Crippen LogP contribution in [-0.4, -0.2) is 36.7 Å². The largest absolute Gasteiger partial charge is 0.497 e. The molecule has 0 radical (unpaired) electrons. The second kappa shape index (κ2) is 6.32. The number of ether oxygens (including phenoxy) is 2. The number of carbonyl (C=O) groups excluding carboxylic acids is 1. The van der Waals surface area contributed by atoms with Crippen LogP contribution in [0.1, 0.15) is 40.7 Å². The summed E-state index contributed by atoms with van der Waals surface area (Å²) >= 11 is 0. The van der Waals surface area contributed by atoms with Gasteiger partial charge in [0.2, 0.25) is 5.76 Å². The van der Waals surface area contributed by atoms with Gasteiger partial charge in [-0.15, -0.1) is 0 Å². The Balaban J connectivity index is 1.94. The molecule has 3 rings (SSSR count). The first kappa shape index (κ1) is 15.4. The number of likely N-dealkylation sites (tertiary alicyclic amines) is 1. The standard InChI is InChI=1S/C17H20N2O4/c1-11-9-16(23-18-11)17(20)19-8-4-5-14(19)13-10-12(21-2)6-7-15(13)22-3/h6-7,9-10,14H,4-5,8H2,1-3H3. The lowest BCUT2D eigenvalue weighted by Gasteiger charge is -2.25. The summed E-state index contributed by atoms with van der Waals surface area (Å²) in [5, 5.41) is 3.80. The monoisotopic (exact) mass is 316 g/mol. The molecule has 1 aromatic carbocycles. The minimum Gasteiger partial charge on any atom is -0.497 e. The highest BCUT2D eigenvalue weighted by Crippen LogP contribution is 2.39. The molecule has 1 aliphatic rings. The summed E-state index contributed by atoms with van der Waals surface area (Å²) in [6.45, 7) is 2.48. The molecule has 0 aliphatic carbocycles. The van der Waals surface area contributed by atoms with Crippen LogP contribution in [0.15, 0.2) is 28.8 Å². The number of benzene rings is 1. The third-order valence-electron chi connectivity index (χ3n) is 4.15. The zero-order valence-electron chi connectivity index (χ0n) is 13.5. The van der Waals surface area contributed by atoms with E-state index in [9.17, 15) is 4.79 Å². The number of rotatable bonds is 4. The Morgan fingerprint density at radius 1 is 1.30 bits per heavy atom. The normalized spacial score (nSPS) is 17.3. The van der Waals surface area contributed by atoms with Crippen LogP contribution in [0.25, 0.3) is 0 Å². The van der Waals surface area contributed by atoms with E-state index < -0.39 is 0 Å². The Hall–Kier alpha value is -2.50. The number of nitrogens with zero attached hydrogens (tertiary/aromatic N) is 2. The summed E-state index contributed by atoms with van der Waals surface area (Å²) in [4.78, 5) is 14.5. The van der Waals surface area contributed by atoms with Crippen LogP contribution in [0, 0.1) is 6.92 Å². The van der Waals surface area contributed by atoms with Gasteiger partial charge in [0.05, 0.1) is 26.0 Å². The van der Waals surface area contributed by atoms with Gasteiger partial charge in [0.1, 0.15) is 11.5 Å². The fraction of sp³-hybridized carbons (Fsp3) is 0.412. The number of amides is 1. The van der Waals surface area contributed by atoms with Gasteiger partial charge in [-0.1, -0.05) is 5.16 Å². The maximum atomic E-state index is 12.7. The molecular weight excluding hydrogens is 296 g/mol. The lowest BCUT2D eigenvalue weighted by molar-refractivity contribution is 0.0691. The highest BCUT2D eigenvalue weighted by molar-refractivity contribution is 5.92. The van der Waals surface area contributed by atoms with E-state index in [-0.39, 0.29) is 17.7 Å². The van der Waals surface area contributed by atoms with Gasteiger partial charge in [-0.2, -0.15) is 0 Å². The van der Waals surface area contributed by atoms with Crippen molar-refractivity contribution < 1.29 is 18.8 Å². The number of hydrogen-bond donors (Lipinski definition) is 0. The average molecular weight is 316 g/mol. The van der Waals surface area contributed by atoms with Gasteiger partial charge in [0.15, 0.2) is 0 Å². The minimum atomic E-state index is -0.141. The quantitative estimate of drug-likeness (QED) is 0.867. The van der Waals surface area contributed by atoms with Crippen molar-refractivity contribution in [2.24, 2.45) is 0 Å². The first-order chi connectivity index (χ1) is 11.1. The molecule has 1 atom stereocenters. The predicted molar refractivity (Wildman–Crippen MR) is 83.8 cm³/mol. The van der Waals surface area contributed by atoms with Crippen molar-refractivity contribution in [3.8, 4) is 11.5 Å². The lowest BCUT2D eigenvalue weighted by atomic mass is 10.0. The van der Waals surface area contributed by atoms with Gasteiger partial charge in [-0.25, -0.2) is 0 Å². The van der Waals surface area contributed by atoms with Crippen molar-refractivity contribution in [3.63, 3.8) is 0 Å². The minimum absolute atomic E-state index is 0.0574. The molecule has 1 aliphatic heterocycles. The molecule has 0 saturated carbocycles. The van der Waals surface area contributed by atoms with E-state index in [0.717, 1.165) is 29.9 Å². The van der Waals surface area contributed by atoms with Gasteiger partial charge < -0.3 is 18.9 Å². The molecule has 6 heteroatoms. The van der Waals surface area contributed by atoms with Crippen LogP contribution in [0.4, 0.5) is 0 Å². The Kier molecular flexibility index (Phi) is 4.23. The highest BCUT2D eigenvalue weighted by Gasteiger charge is 2.34. The summed E-state index contributed by atoms with van der Waals surface area (Å²) < 4.78 is 15.9. The third kappa shape index (κ3) is 2.88. The number of methoxy groups -OCH3 is 2. The van der Waals surface area contributed by atoms with Crippen LogP contribution in [0.3, 0.4) is 0 Å². The maximum absolute atomic E-state index is 12.7. The molecule has 122 valence electrons. The van der Waals surface area contributed by atoms with Gasteiger partial charge in [0.25, 0.3) is 5.91 Å². The van der Waals surface area contributed by atoms with E-state index >= 15 is 0 Å². The van der Waals surface area contributed by atoms with Crippen LogP contribution < -0.4 is 9.47 Å². The van der Waals surface area contributed by atoms with E-state index in [1.165, 1.54) is 0 Å². The Morgan fingerprint density at radius 3 is 2.78 bits per heavy atom. The van der Waals surface area contributed by atoms with Crippen molar-refractivity contribution in [2.75, 3.05) is 20.8 Å². The molecule has 23 heavy (non-hydrogen) atoms. The van der Waals surface area contributed by atoms with Gasteiger partial charge >= 0.3 is 0 Å². The van der Waals surface area contributed by atoms with Crippen LogP contribution in [-0.2, 0) is 0 Å². The van der Waals surface area contributed by atoms with Crippen LogP contribution in [0.5, 0.6) is 11.5 Å². The molecule has 2 heterocycles. The van der Waals surface area contributed by atoms with Crippen molar-refractivity contribution >= 4 is 5.91 Å². The van der Waals surface area contributed by atoms with Gasteiger partial charge in [0, 0.05) is 18.2 Å². The predicted octanol–water partition coefficient (Wildman–Crippen LogP) is 2.98. The second-order valence-electron chi connectivity index (χ2n) is 5.60. The zero-order valence-corrected chi connectivity index (χ0v) is 13.5. The SMILES string of the molecule is COc1ccc(OC)c(C2CCCN2C(=O)c2cc(C)no2)c1. The van der Waals surface area contributed by atoms with Crippen molar-refractivity contribution in [3.05, 3.63) is 41.3 Å². The van der Waals surface area contributed by atoms with Crippen LogP contribution in [0.2, 0.25) is 0 Å². The fourth-order valence-electron chi connectivity index (χ4n) is 3.04. The number of hydrogen-bond acceptors (Lipinski definition) is 5. The third-order valence-corrected chi connectivity index (χ3v) is 4.15. The molecule has 1 saturated heterocycles. The summed E-state index contributed by atoms with van der Waals surface area (Å²) in [5.41, 5.74) is 1.65. The van der Waals surface area contributed by atoms with E-state index in [1.807, 2.05) is 23.1 Å². The first-order valence-electron chi connectivity index (χ1n) is 7.60. The average Bonchev–Trinajstić information content (AvgIpc) is 3.22. The fourth-order valence-corrected chi connectivity index (χ4v) is 3.04. The van der Waals surface area contributed by atoms with E-state index in [0.29, 0.717) is 12.2 Å². The molecule has 1 unspecified atom stereocenters. The highest BCUT2D eigenvalue weighted by atomic mass is 16.5. The van der Waals surface area contributed by atoms with Crippen molar-refractivity contribution in [1.82, 2.24) is 10.1 Å². The molecule has 1 fully saturated rings. The first-order valence-corrected chi connectivity index (χ1v) is 7.60. The number of carbonyl (C=O) groups is 1. The van der Waals surface area contributed by atoms with Crippen LogP contribution >= 0.6 is 0 Å². The molecule has 0 bridgehead atoms. The van der Waals surface area contributed by atoms with Gasteiger partial charge in [-0.05, 0) is 38.0 Å². The lowest BCUT2D eigenvalue weighted by Crippen LogP contribution is -2.30. The summed E-state index contributed by atoms with van der Waals surface area (Å²) in [7, 11) is 3.26. The molecule has 1 aromatic heterocycles. The summed E-state index contributed by atoms with van der Waals surface area (Å²) in [5.74, 6) is 1.63. The molecule has 2 aromatic rings. The van der Waals surface area contributed by atoms with E-state index in [2.05, 4.69) is 5.16 Å². The molecule has 1 amide bonds. The second-order valence-corrected chi connectivity index (χ2v) is 5.60. The summed E-state index contributed by atoms with van der Waals surface area (Å²) in [6, 6.07) is 7.26. The Labute approximate surface area is 135 Å². The van der Waals surface area contributed by atoms with Crippen molar-refractivity contribution in [1.29, 1.82) is 0 Å². The topological polar surface area (TPSA) is 64.8 Å². The molecular formula is C17H20N2O4. The summed E-state index contributed by atoms with van der Waals surface area (Å²) in [6.07, 6.45) is 1.81. The number of aromatic nitrogens is 1. The molecule has 0 spiro atoms. The van der Waals surface area contributed by atoms with E-state index in [1.54, 1.807) is 27.2 Å². The molecule has 0 N–H and O–H groups in total. The Bertz CT molecular complexity index is 710. The smallest absolute Gasteiger partial charge is 0.292 e. The zero-order chi connectivity index (χ0) is 16.4.